The molecule has 346 valence electrons. The third-order valence-electron chi connectivity index (χ3n) is 12.0. The minimum absolute atomic E-state index is 0.148. The van der Waals surface area contributed by atoms with Crippen molar-refractivity contribution < 1.29 is 64.6 Å². The summed E-state index contributed by atoms with van der Waals surface area (Å²) in [5.41, 5.74) is -1.00. The number of ketones is 4. The number of Topliss-reactive ketones (excluding diaryl/α,β-unsaturated/α-hetero) is 4. The number of thiophene rings is 2. The van der Waals surface area contributed by atoms with E-state index >= 15 is 0 Å². The van der Waals surface area contributed by atoms with Crippen LogP contribution in [-0.4, -0.2) is 44.5 Å². The van der Waals surface area contributed by atoms with Crippen LogP contribution < -0.4 is 0 Å². The second-order valence-electron chi connectivity index (χ2n) is 16.3. The normalized spacial score (nSPS) is 15.1. The van der Waals surface area contributed by atoms with Gasteiger partial charge in [-0.1, -0.05) is 60.7 Å². The Kier molecular flexibility index (Phi) is 10.3. The molecule has 70 heavy (non-hydrogen) atoms. The summed E-state index contributed by atoms with van der Waals surface area (Å²) in [7, 11) is 0. The van der Waals surface area contributed by atoms with E-state index in [1.807, 2.05) is 0 Å². The van der Waals surface area contributed by atoms with Crippen molar-refractivity contribution in [2.24, 2.45) is 0 Å². The van der Waals surface area contributed by atoms with Gasteiger partial charge in [0.15, 0.2) is 0 Å². The van der Waals surface area contributed by atoms with E-state index in [9.17, 15) is 55.1 Å². The monoisotopic (exact) mass is 984 g/mol. The average molecular weight is 985 g/mol. The molecule has 2 aliphatic carbocycles. The third kappa shape index (κ3) is 7.34. The van der Waals surface area contributed by atoms with Crippen LogP contribution in [0, 0.1) is 0 Å². The van der Waals surface area contributed by atoms with Crippen LogP contribution in [0.2, 0.25) is 0 Å². The van der Waals surface area contributed by atoms with Gasteiger partial charge in [-0.3, -0.25) is 19.2 Å². The Morgan fingerprint density at radius 3 is 1.23 bits per heavy atom. The van der Waals surface area contributed by atoms with Crippen LogP contribution in [-0.2, 0) is 44.6 Å². The van der Waals surface area contributed by atoms with Crippen molar-refractivity contribution in [1.29, 1.82) is 0 Å². The molecule has 10 nitrogen and oxygen atoms in total. The topological polar surface area (TPSA) is 131 Å². The number of nitrogens with zero attached hydrogens (tertiary/aromatic N) is 2. The largest absolute Gasteiger partial charge is 0.444 e. The Labute approximate surface area is 396 Å². The van der Waals surface area contributed by atoms with Crippen LogP contribution in [0.1, 0.15) is 63.9 Å². The molecule has 4 heterocycles. The van der Waals surface area contributed by atoms with Crippen LogP contribution in [0.3, 0.4) is 0 Å². The smallest absolute Gasteiger partial charge is 0.419 e. The Balaban J connectivity index is 1.11. The number of halogens is 6. The van der Waals surface area contributed by atoms with Gasteiger partial charge in [-0.2, -0.15) is 26.3 Å². The van der Waals surface area contributed by atoms with Crippen molar-refractivity contribution in [3.05, 3.63) is 176 Å². The highest BCUT2D eigenvalue weighted by molar-refractivity contribution is 7.21. The number of hydrogen-bond acceptors (Lipinski definition) is 10. The first-order chi connectivity index (χ1) is 33.4. The third-order valence-corrected chi connectivity index (χ3v) is 14.3. The number of aromatic nitrogens is 2. The summed E-state index contributed by atoms with van der Waals surface area (Å²) < 4.78 is 97.9. The van der Waals surface area contributed by atoms with Crippen molar-refractivity contribution in [3.8, 4) is 0 Å². The molecule has 0 fully saturated rings. The van der Waals surface area contributed by atoms with E-state index in [-0.39, 0.29) is 68.7 Å². The average Bonchev–Trinajstić information content (AvgIpc) is 4.16. The molecule has 4 aromatic heterocycles. The van der Waals surface area contributed by atoms with Crippen LogP contribution in [0.25, 0.3) is 65.5 Å². The number of allylic oxidation sites excluding steroid dienone is 2. The van der Waals surface area contributed by atoms with Crippen LogP contribution in [0.5, 0.6) is 0 Å². The number of ether oxygens (including phenoxy) is 2. The van der Waals surface area contributed by atoms with Gasteiger partial charge in [0, 0.05) is 42.8 Å². The molecule has 2 aliphatic rings. The summed E-state index contributed by atoms with van der Waals surface area (Å²) in [5.74, 6) is -3.96. The van der Waals surface area contributed by atoms with Gasteiger partial charge in [0.25, 0.3) is 0 Å². The Morgan fingerprint density at radius 2 is 0.857 bits per heavy atom. The second kappa shape index (κ2) is 16.2. The molecular weight excluding hydrogens is 959 g/mol. The van der Waals surface area contributed by atoms with Gasteiger partial charge in [0.2, 0.25) is 23.1 Å². The van der Waals surface area contributed by atoms with E-state index in [4.69, 9.17) is 9.47 Å². The minimum Gasteiger partial charge on any atom is -0.444 e. The number of rotatable bonds is 6. The lowest BCUT2D eigenvalue weighted by molar-refractivity contribution is -0.138. The molecule has 0 bridgehead atoms. The van der Waals surface area contributed by atoms with Crippen LogP contribution in [0.4, 0.5) is 35.9 Å². The van der Waals surface area contributed by atoms with Crippen molar-refractivity contribution in [2.45, 2.75) is 25.6 Å². The molecule has 5 aromatic carbocycles. The van der Waals surface area contributed by atoms with E-state index in [0.717, 1.165) is 59.1 Å². The lowest BCUT2D eigenvalue weighted by Gasteiger charge is -2.09. The predicted molar refractivity (Wildman–Crippen MR) is 250 cm³/mol. The van der Waals surface area contributed by atoms with Gasteiger partial charge in [0.1, 0.15) is 13.2 Å². The fourth-order valence-corrected chi connectivity index (χ4v) is 11.0. The minimum atomic E-state index is -4.76. The molecule has 0 saturated carbocycles. The predicted octanol–water partition coefficient (Wildman–Crippen LogP) is 13.0. The Morgan fingerprint density at radius 1 is 0.471 bits per heavy atom. The van der Waals surface area contributed by atoms with Crippen molar-refractivity contribution >= 4 is 124 Å². The van der Waals surface area contributed by atoms with Gasteiger partial charge < -0.3 is 9.47 Å². The molecule has 18 heteroatoms. The molecule has 0 saturated heterocycles. The molecule has 9 aromatic rings. The zero-order chi connectivity index (χ0) is 49.0. The maximum Gasteiger partial charge on any atom is 0.419 e. The molecular formula is C52H26F6N2O8S2. The zero-order valence-corrected chi connectivity index (χ0v) is 37.0. The number of alkyl halides is 6. The van der Waals surface area contributed by atoms with Gasteiger partial charge in [-0.15, -0.1) is 22.7 Å². The first-order valence-corrected chi connectivity index (χ1v) is 22.6. The zero-order valence-electron chi connectivity index (χ0n) is 35.4. The summed E-state index contributed by atoms with van der Waals surface area (Å²) in [6.45, 7) is -0.296. The summed E-state index contributed by atoms with van der Waals surface area (Å²) in [6, 6.07) is 28.8. The highest BCUT2D eigenvalue weighted by Crippen LogP contribution is 2.46. The maximum absolute atomic E-state index is 14.3. The lowest BCUT2D eigenvalue weighted by atomic mass is 10.0. The Bertz CT molecular complexity index is 3620. The fourth-order valence-electron chi connectivity index (χ4n) is 8.78. The standard InChI is InChI=1S/C52H26F6N2O8S2/c53-51(54,55)27-11-13-31-33(15-27)35(45(63)43(31)61)17-29-19-41-47(69-29)37-22-40-38(21-39(37)59(41)49(65)67-23-25-7-3-1-4-8-25)48-42(60(40)50(66)68-24-26-9-5-2-6-10-26)20-30(70-48)18-36-34-16-28(52(56,57)58)12-14-32(34)44(62)46(36)64/h1-22H,23-24H2/b35-17-,36-18-. The van der Waals surface area contributed by atoms with E-state index in [2.05, 4.69) is 0 Å². The Hall–Kier alpha value is -8.22. The molecule has 0 amide bonds. The van der Waals surface area contributed by atoms with E-state index < -0.39 is 58.8 Å². The summed E-state index contributed by atoms with van der Waals surface area (Å²) in [4.78, 5) is 81.8. The lowest BCUT2D eigenvalue weighted by Crippen LogP contribution is -2.14. The van der Waals surface area contributed by atoms with Gasteiger partial charge in [-0.05, 0) is 95.1 Å². The van der Waals surface area contributed by atoms with Gasteiger partial charge >= 0.3 is 24.5 Å². The van der Waals surface area contributed by atoms with E-state index in [1.165, 1.54) is 33.4 Å². The number of hydrogen-bond donors (Lipinski definition) is 0. The molecule has 0 radical (unpaired) electrons. The number of benzene rings is 5. The molecule has 0 aliphatic heterocycles. The number of carbonyl (C=O) groups is 6. The second-order valence-corrected chi connectivity index (χ2v) is 18.5. The maximum atomic E-state index is 14.3. The van der Waals surface area contributed by atoms with E-state index in [1.54, 1.807) is 72.8 Å². The molecule has 0 atom stereocenters. The van der Waals surface area contributed by atoms with Crippen LogP contribution in [0.15, 0.2) is 121 Å². The SMILES string of the molecule is O=C1C(=O)c2ccc(C(F)(F)F)cc2/C1=C/c1cc2c(s1)c1cc3c(cc1n2C(=O)OCc1ccccc1)c1sc(/C=C2\C(=O)C(=O)c4ccc(C(F)(F)F)cc42)cc1n3C(=O)OCc1ccccc1. The quantitative estimate of drug-likeness (QED) is 0.0914. The summed E-state index contributed by atoms with van der Waals surface area (Å²) in [5, 5.41) is 0.804. The fraction of sp³-hybridized carbons (Fsp3) is 0.0769. The molecule has 0 unspecified atom stereocenters. The van der Waals surface area contributed by atoms with Crippen LogP contribution >= 0.6 is 22.7 Å². The number of fused-ring (bicyclic) bond motifs is 8. The number of carbonyl (C=O) groups excluding carboxylic acids is 6. The molecule has 0 N–H and O–H groups in total. The highest BCUT2D eigenvalue weighted by Gasteiger charge is 2.40. The van der Waals surface area contributed by atoms with Crippen molar-refractivity contribution in [2.75, 3.05) is 0 Å². The summed E-state index contributed by atoms with van der Waals surface area (Å²) >= 11 is 2.12. The van der Waals surface area contributed by atoms with Gasteiger partial charge in [-0.25, -0.2) is 18.7 Å². The highest BCUT2D eigenvalue weighted by atomic mass is 32.1. The molecule has 0 spiro atoms. The summed E-state index contributed by atoms with van der Waals surface area (Å²) in [6.07, 6.45) is -8.63. The van der Waals surface area contributed by atoms with E-state index in [0.29, 0.717) is 41.1 Å². The molecule has 11 rings (SSSR count). The van der Waals surface area contributed by atoms with Crippen molar-refractivity contribution in [1.82, 2.24) is 9.13 Å². The van der Waals surface area contributed by atoms with Crippen molar-refractivity contribution in [3.63, 3.8) is 0 Å². The van der Waals surface area contributed by atoms with Gasteiger partial charge in [0.05, 0.1) is 42.6 Å². The first-order valence-electron chi connectivity index (χ1n) is 21.0. The first kappa shape index (κ1) is 44.3.